The Balaban J connectivity index is 2.56. The predicted octanol–water partition coefficient (Wildman–Crippen LogP) is 3.63. The second-order valence-corrected chi connectivity index (χ2v) is 3.99. The third-order valence-corrected chi connectivity index (χ3v) is 2.74. The molecule has 1 rings (SSSR count). The number of rotatable bonds is 6. The summed E-state index contributed by atoms with van der Waals surface area (Å²) in [4.78, 5) is 0. The molecule has 0 saturated carbocycles. The monoisotopic (exact) mass is 227 g/mol. The molecule has 1 N–H and O–H groups in total. The molecule has 0 aliphatic heterocycles. The molecule has 0 saturated heterocycles. The third-order valence-electron chi connectivity index (χ3n) is 2.74. The van der Waals surface area contributed by atoms with Crippen molar-refractivity contribution in [3.8, 4) is 0 Å². The molecule has 1 nitrogen and oxygen atoms in total. The summed E-state index contributed by atoms with van der Waals surface area (Å²) in [6, 6.07) is 4.68. The van der Waals surface area contributed by atoms with E-state index >= 15 is 0 Å². The van der Waals surface area contributed by atoms with Crippen LogP contribution in [0.4, 0.5) is 8.78 Å². The molecule has 16 heavy (non-hydrogen) atoms. The summed E-state index contributed by atoms with van der Waals surface area (Å²) >= 11 is 0. The lowest BCUT2D eigenvalue weighted by Crippen LogP contribution is -2.28. The maximum absolute atomic E-state index is 13.3. The summed E-state index contributed by atoms with van der Waals surface area (Å²) in [6.45, 7) is 4.60. The zero-order valence-electron chi connectivity index (χ0n) is 9.89. The van der Waals surface area contributed by atoms with Crippen molar-refractivity contribution < 1.29 is 8.78 Å². The van der Waals surface area contributed by atoms with E-state index in [4.69, 9.17) is 0 Å². The molecule has 0 radical (unpaired) electrons. The van der Waals surface area contributed by atoms with E-state index in [0.717, 1.165) is 25.3 Å². The molecule has 1 unspecified atom stereocenters. The van der Waals surface area contributed by atoms with Gasteiger partial charge < -0.3 is 5.32 Å². The first kappa shape index (κ1) is 13.1. The quantitative estimate of drug-likeness (QED) is 0.782. The summed E-state index contributed by atoms with van der Waals surface area (Å²) in [7, 11) is 0. The number of hydrogen-bond donors (Lipinski definition) is 1. The Labute approximate surface area is 95.9 Å². The molecule has 1 aromatic rings. The van der Waals surface area contributed by atoms with Gasteiger partial charge in [0.15, 0.2) is 11.6 Å². The SMILES string of the molecule is CCCC(CC)NCc1cccc(F)c1F. The average Bonchev–Trinajstić information content (AvgIpc) is 2.29. The van der Waals surface area contributed by atoms with Crippen LogP contribution in [0.15, 0.2) is 18.2 Å². The van der Waals surface area contributed by atoms with Crippen LogP contribution in [0.2, 0.25) is 0 Å². The molecular formula is C13H19F2N. The Bertz CT molecular complexity index is 326. The van der Waals surface area contributed by atoms with Crippen LogP contribution < -0.4 is 5.32 Å². The van der Waals surface area contributed by atoms with Gasteiger partial charge in [0.2, 0.25) is 0 Å². The molecule has 1 atom stereocenters. The van der Waals surface area contributed by atoms with E-state index in [1.54, 1.807) is 6.07 Å². The topological polar surface area (TPSA) is 12.0 Å². The van der Waals surface area contributed by atoms with Gasteiger partial charge in [0.25, 0.3) is 0 Å². The van der Waals surface area contributed by atoms with Gasteiger partial charge in [0.1, 0.15) is 0 Å². The Morgan fingerprint density at radius 1 is 1.25 bits per heavy atom. The van der Waals surface area contributed by atoms with Gasteiger partial charge in [-0.3, -0.25) is 0 Å². The molecule has 0 aromatic heterocycles. The summed E-state index contributed by atoms with van der Waals surface area (Å²) in [6.07, 6.45) is 3.16. The third kappa shape index (κ3) is 3.56. The van der Waals surface area contributed by atoms with E-state index in [9.17, 15) is 8.78 Å². The standard InChI is InChI=1S/C13H19F2N/c1-3-6-11(4-2)16-9-10-7-5-8-12(14)13(10)15/h5,7-8,11,16H,3-4,6,9H2,1-2H3. The highest BCUT2D eigenvalue weighted by molar-refractivity contribution is 5.18. The highest BCUT2D eigenvalue weighted by atomic mass is 19.2. The minimum atomic E-state index is -0.775. The fourth-order valence-electron chi connectivity index (χ4n) is 1.74. The normalized spacial score (nSPS) is 12.8. The number of benzene rings is 1. The largest absolute Gasteiger partial charge is 0.310 e. The summed E-state index contributed by atoms with van der Waals surface area (Å²) < 4.78 is 26.3. The molecular weight excluding hydrogens is 208 g/mol. The second kappa shape index (κ2) is 6.59. The first-order valence-electron chi connectivity index (χ1n) is 5.85. The number of halogens is 2. The van der Waals surface area contributed by atoms with Gasteiger partial charge in [-0.15, -0.1) is 0 Å². The van der Waals surface area contributed by atoms with Crippen molar-refractivity contribution in [1.29, 1.82) is 0 Å². The van der Waals surface area contributed by atoms with Gasteiger partial charge in [-0.25, -0.2) is 8.78 Å². The lowest BCUT2D eigenvalue weighted by Gasteiger charge is -2.16. The average molecular weight is 227 g/mol. The maximum atomic E-state index is 13.3. The summed E-state index contributed by atoms with van der Waals surface area (Å²) in [5.74, 6) is -1.51. The lowest BCUT2D eigenvalue weighted by molar-refractivity contribution is 0.445. The van der Waals surface area contributed by atoms with Crippen LogP contribution in [0.5, 0.6) is 0 Å². The molecule has 0 aliphatic rings. The molecule has 90 valence electrons. The number of hydrogen-bond acceptors (Lipinski definition) is 1. The molecule has 0 fully saturated rings. The van der Waals surface area contributed by atoms with E-state index in [-0.39, 0.29) is 0 Å². The van der Waals surface area contributed by atoms with Gasteiger partial charge in [-0.1, -0.05) is 32.4 Å². The fourth-order valence-corrected chi connectivity index (χ4v) is 1.74. The maximum Gasteiger partial charge on any atom is 0.163 e. The van der Waals surface area contributed by atoms with Crippen LogP contribution >= 0.6 is 0 Å². The van der Waals surface area contributed by atoms with Crippen molar-refractivity contribution in [1.82, 2.24) is 5.32 Å². The molecule has 0 bridgehead atoms. The van der Waals surface area contributed by atoms with E-state index < -0.39 is 11.6 Å². The Morgan fingerprint density at radius 2 is 2.00 bits per heavy atom. The van der Waals surface area contributed by atoms with E-state index in [1.165, 1.54) is 6.07 Å². The molecule has 1 aromatic carbocycles. The van der Waals surface area contributed by atoms with Gasteiger partial charge in [0, 0.05) is 18.2 Å². The summed E-state index contributed by atoms with van der Waals surface area (Å²) in [5, 5.41) is 3.25. The van der Waals surface area contributed by atoms with Crippen LogP contribution in [0.1, 0.15) is 38.7 Å². The first-order chi connectivity index (χ1) is 7.69. The van der Waals surface area contributed by atoms with Crippen molar-refractivity contribution in [3.05, 3.63) is 35.4 Å². The predicted molar refractivity (Wildman–Crippen MR) is 62.2 cm³/mol. The van der Waals surface area contributed by atoms with Gasteiger partial charge >= 0.3 is 0 Å². The Kier molecular flexibility index (Phi) is 5.39. The highest BCUT2D eigenvalue weighted by Crippen LogP contribution is 2.12. The van der Waals surface area contributed by atoms with Crippen LogP contribution in [0.3, 0.4) is 0 Å². The van der Waals surface area contributed by atoms with Crippen molar-refractivity contribution in [2.24, 2.45) is 0 Å². The van der Waals surface area contributed by atoms with E-state index in [1.807, 2.05) is 0 Å². The van der Waals surface area contributed by atoms with Crippen LogP contribution in [0, 0.1) is 11.6 Å². The van der Waals surface area contributed by atoms with Crippen molar-refractivity contribution in [2.75, 3.05) is 0 Å². The Morgan fingerprint density at radius 3 is 2.62 bits per heavy atom. The van der Waals surface area contributed by atoms with Crippen LogP contribution in [0.25, 0.3) is 0 Å². The van der Waals surface area contributed by atoms with Gasteiger partial charge in [0.05, 0.1) is 0 Å². The van der Waals surface area contributed by atoms with Crippen LogP contribution in [-0.4, -0.2) is 6.04 Å². The van der Waals surface area contributed by atoms with E-state index in [0.29, 0.717) is 18.2 Å². The smallest absolute Gasteiger partial charge is 0.163 e. The molecule has 0 amide bonds. The minimum Gasteiger partial charge on any atom is -0.310 e. The number of nitrogens with one attached hydrogen (secondary N) is 1. The first-order valence-corrected chi connectivity index (χ1v) is 5.85. The zero-order valence-corrected chi connectivity index (χ0v) is 9.89. The fraction of sp³-hybridized carbons (Fsp3) is 0.538. The van der Waals surface area contributed by atoms with Crippen molar-refractivity contribution in [3.63, 3.8) is 0 Å². The lowest BCUT2D eigenvalue weighted by atomic mass is 10.1. The highest BCUT2D eigenvalue weighted by Gasteiger charge is 2.09. The summed E-state index contributed by atoms with van der Waals surface area (Å²) in [5.41, 5.74) is 0.398. The second-order valence-electron chi connectivity index (χ2n) is 3.99. The van der Waals surface area contributed by atoms with Crippen LogP contribution in [-0.2, 0) is 6.54 Å². The molecule has 0 heterocycles. The van der Waals surface area contributed by atoms with E-state index in [2.05, 4.69) is 19.2 Å². The van der Waals surface area contributed by atoms with Crippen molar-refractivity contribution in [2.45, 2.75) is 45.7 Å². The zero-order chi connectivity index (χ0) is 12.0. The molecule has 0 aliphatic carbocycles. The molecule has 3 heteroatoms. The van der Waals surface area contributed by atoms with Gasteiger partial charge in [-0.2, -0.15) is 0 Å². The molecule has 0 spiro atoms. The minimum absolute atomic E-state index is 0.382. The van der Waals surface area contributed by atoms with Crippen molar-refractivity contribution >= 4 is 0 Å². The van der Waals surface area contributed by atoms with Gasteiger partial charge in [-0.05, 0) is 18.9 Å². The Hall–Kier alpha value is -0.960.